The van der Waals surface area contributed by atoms with Gasteiger partial charge in [0.2, 0.25) is 15.9 Å². The lowest BCUT2D eigenvalue weighted by atomic mass is 10.0. The number of nitrogens with one attached hydrogen (secondary N) is 2. The van der Waals surface area contributed by atoms with Crippen LogP contribution < -0.4 is 10.6 Å². The number of hydrogen-bond acceptors (Lipinski definition) is 4. The van der Waals surface area contributed by atoms with E-state index in [0.717, 1.165) is 32.1 Å². The highest BCUT2D eigenvalue weighted by Crippen LogP contribution is 2.27. The molecule has 2 N–H and O–H groups in total. The summed E-state index contributed by atoms with van der Waals surface area (Å²) in [5, 5.41) is 5.34. The fourth-order valence-corrected chi connectivity index (χ4v) is 5.12. The maximum absolute atomic E-state index is 12.7. The van der Waals surface area contributed by atoms with Crippen LogP contribution in [0.25, 0.3) is 0 Å². The minimum Gasteiger partial charge on any atom is -0.358 e. The van der Waals surface area contributed by atoms with Crippen LogP contribution in [-0.2, 0) is 14.8 Å². The van der Waals surface area contributed by atoms with Crippen LogP contribution in [0.2, 0.25) is 0 Å². The number of hydrogen-bond donors (Lipinski definition) is 2. The summed E-state index contributed by atoms with van der Waals surface area (Å²) in [4.78, 5) is 11.8. The van der Waals surface area contributed by atoms with Gasteiger partial charge in [-0.05, 0) is 12.8 Å². The van der Waals surface area contributed by atoms with Crippen LogP contribution >= 0.6 is 0 Å². The molecule has 2 fully saturated rings. The summed E-state index contributed by atoms with van der Waals surface area (Å²) in [7, 11) is -1.81. The SMILES string of the molecule is CNC(=O)C1CNCCN1S(=O)(=O)C1CCCCC1. The van der Waals surface area contributed by atoms with Gasteiger partial charge in [-0.15, -0.1) is 0 Å². The Morgan fingerprint density at radius 3 is 2.58 bits per heavy atom. The van der Waals surface area contributed by atoms with Gasteiger partial charge in [-0.2, -0.15) is 4.31 Å². The molecule has 19 heavy (non-hydrogen) atoms. The van der Waals surface area contributed by atoms with Crippen molar-refractivity contribution in [3.63, 3.8) is 0 Å². The molecule has 1 saturated carbocycles. The van der Waals surface area contributed by atoms with Crippen LogP contribution in [0.1, 0.15) is 32.1 Å². The number of carbonyl (C=O) groups excluding carboxylic acids is 1. The van der Waals surface area contributed by atoms with E-state index in [1.165, 1.54) is 4.31 Å². The Hall–Kier alpha value is -0.660. The van der Waals surface area contributed by atoms with E-state index >= 15 is 0 Å². The zero-order valence-corrected chi connectivity index (χ0v) is 12.2. The first-order valence-electron chi connectivity index (χ1n) is 7.00. The molecule has 7 heteroatoms. The summed E-state index contributed by atoms with van der Waals surface area (Å²) in [6.45, 7) is 1.39. The Morgan fingerprint density at radius 1 is 1.26 bits per heavy atom. The van der Waals surface area contributed by atoms with Crippen molar-refractivity contribution in [1.82, 2.24) is 14.9 Å². The van der Waals surface area contributed by atoms with Crippen molar-refractivity contribution in [3.8, 4) is 0 Å². The summed E-state index contributed by atoms with van der Waals surface area (Å²) in [6.07, 6.45) is 4.52. The Balaban J connectivity index is 2.18. The van der Waals surface area contributed by atoms with Crippen LogP contribution in [0, 0.1) is 0 Å². The fraction of sp³-hybridized carbons (Fsp3) is 0.917. The summed E-state index contributed by atoms with van der Waals surface area (Å²) < 4.78 is 26.8. The molecule has 2 aliphatic rings. The molecular formula is C12H23N3O3S. The Bertz CT molecular complexity index is 418. The van der Waals surface area contributed by atoms with Crippen LogP contribution in [0.4, 0.5) is 0 Å². The molecule has 1 aliphatic carbocycles. The molecule has 1 atom stereocenters. The minimum atomic E-state index is -3.36. The number of sulfonamides is 1. The second-order valence-electron chi connectivity index (χ2n) is 5.25. The average Bonchev–Trinajstić information content (AvgIpc) is 2.47. The topological polar surface area (TPSA) is 78.5 Å². The summed E-state index contributed by atoms with van der Waals surface area (Å²) >= 11 is 0. The van der Waals surface area contributed by atoms with Crippen molar-refractivity contribution in [2.24, 2.45) is 0 Å². The normalized spacial score (nSPS) is 27.1. The van der Waals surface area contributed by atoms with E-state index in [9.17, 15) is 13.2 Å². The Morgan fingerprint density at radius 2 is 1.95 bits per heavy atom. The van der Waals surface area contributed by atoms with Crippen LogP contribution in [0.5, 0.6) is 0 Å². The lowest BCUT2D eigenvalue weighted by Crippen LogP contribution is -2.60. The van der Waals surface area contributed by atoms with Gasteiger partial charge in [-0.25, -0.2) is 8.42 Å². The smallest absolute Gasteiger partial charge is 0.239 e. The Kier molecular flexibility index (Phi) is 4.81. The third-order valence-corrected chi connectivity index (χ3v) is 6.45. The van der Waals surface area contributed by atoms with Crippen LogP contribution in [0.3, 0.4) is 0 Å². The van der Waals surface area contributed by atoms with E-state index in [2.05, 4.69) is 10.6 Å². The van der Waals surface area contributed by atoms with Crippen molar-refractivity contribution >= 4 is 15.9 Å². The second kappa shape index (κ2) is 6.19. The minimum absolute atomic E-state index is 0.230. The Labute approximate surface area is 115 Å². The molecule has 1 unspecified atom stereocenters. The van der Waals surface area contributed by atoms with Crippen LogP contribution in [0.15, 0.2) is 0 Å². The summed E-state index contributed by atoms with van der Waals surface area (Å²) in [6, 6.07) is -0.606. The van der Waals surface area contributed by atoms with E-state index in [0.29, 0.717) is 19.6 Å². The number of amides is 1. The van der Waals surface area contributed by atoms with Gasteiger partial charge in [0.1, 0.15) is 6.04 Å². The van der Waals surface area contributed by atoms with Crippen molar-refractivity contribution in [2.75, 3.05) is 26.7 Å². The fourth-order valence-electron chi connectivity index (χ4n) is 2.93. The third kappa shape index (κ3) is 3.09. The first kappa shape index (κ1) is 14.7. The number of nitrogens with zero attached hydrogens (tertiary/aromatic N) is 1. The summed E-state index contributed by atoms with van der Waals surface area (Å²) in [5.41, 5.74) is 0. The van der Waals surface area contributed by atoms with E-state index < -0.39 is 16.1 Å². The zero-order chi connectivity index (χ0) is 13.9. The number of piperazine rings is 1. The first-order valence-corrected chi connectivity index (χ1v) is 8.50. The molecule has 0 aromatic heterocycles. The predicted molar refractivity (Wildman–Crippen MR) is 73.2 cm³/mol. The molecule has 0 radical (unpaired) electrons. The van der Waals surface area contributed by atoms with Crippen molar-refractivity contribution < 1.29 is 13.2 Å². The second-order valence-corrected chi connectivity index (χ2v) is 7.42. The first-order chi connectivity index (χ1) is 9.07. The van der Waals surface area contributed by atoms with E-state index in [1.54, 1.807) is 7.05 Å². The van der Waals surface area contributed by atoms with Gasteiger partial charge in [-0.3, -0.25) is 4.79 Å². The van der Waals surface area contributed by atoms with E-state index in [-0.39, 0.29) is 11.2 Å². The number of carbonyl (C=O) groups is 1. The van der Waals surface area contributed by atoms with Gasteiger partial charge in [0.25, 0.3) is 0 Å². The van der Waals surface area contributed by atoms with Crippen molar-refractivity contribution in [3.05, 3.63) is 0 Å². The molecule has 0 aromatic carbocycles. The largest absolute Gasteiger partial charge is 0.358 e. The molecule has 110 valence electrons. The van der Waals surface area contributed by atoms with Gasteiger partial charge < -0.3 is 10.6 Å². The number of rotatable bonds is 3. The van der Waals surface area contributed by atoms with Gasteiger partial charge >= 0.3 is 0 Å². The van der Waals surface area contributed by atoms with E-state index in [1.807, 2.05) is 0 Å². The van der Waals surface area contributed by atoms with E-state index in [4.69, 9.17) is 0 Å². The van der Waals surface area contributed by atoms with Crippen molar-refractivity contribution in [1.29, 1.82) is 0 Å². The van der Waals surface area contributed by atoms with Crippen molar-refractivity contribution in [2.45, 2.75) is 43.4 Å². The van der Waals surface area contributed by atoms with Gasteiger partial charge in [0.15, 0.2) is 0 Å². The molecule has 0 bridgehead atoms. The zero-order valence-electron chi connectivity index (χ0n) is 11.4. The number of likely N-dealkylation sites (N-methyl/N-ethyl adjacent to an activating group) is 1. The highest BCUT2D eigenvalue weighted by Gasteiger charge is 2.40. The lowest BCUT2D eigenvalue weighted by molar-refractivity contribution is -0.124. The standard InChI is InChI=1S/C12H23N3O3S/c1-13-12(16)11-9-14-7-8-15(11)19(17,18)10-5-3-2-4-6-10/h10-11,14H,2-9H2,1H3,(H,13,16). The quantitative estimate of drug-likeness (QED) is 0.745. The molecule has 0 spiro atoms. The maximum atomic E-state index is 12.7. The third-order valence-electron chi connectivity index (χ3n) is 4.04. The van der Waals surface area contributed by atoms with Crippen LogP contribution in [-0.4, -0.2) is 56.6 Å². The van der Waals surface area contributed by atoms with Gasteiger partial charge in [0, 0.05) is 26.7 Å². The molecule has 6 nitrogen and oxygen atoms in total. The van der Waals surface area contributed by atoms with Gasteiger partial charge in [-0.1, -0.05) is 19.3 Å². The molecule has 1 saturated heterocycles. The molecule has 1 heterocycles. The highest BCUT2D eigenvalue weighted by atomic mass is 32.2. The van der Waals surface area contributed by atoms with Gasteiger partial charge in [0.05, 0.1) is 5.25 Å². The molecule has 1 aliphatic heterocycles. The monoisotopic (exact) mass is 289 g/mol. The molecule has 2 rings (SSSR count). The summed E-state index contributed by atoms with van der Waals surface area (Å²) in [5.74, 6) is -0.230. The average molecular weight is 289 g/mol. The molecular weight excluding hydrogens is 266 g/mol. The predicted octanol–water partition coefficient (Wildman–Crippen LogP) is -0.331. The molecule has 1 amide bonds. The highest BCUT2D eigenvalue weighted by molar-refractivity contribution is 7.89. The molecule has 0 aromatic rings. The maximum Gasteiger partial charge on any atom is 0.239 e. The lowest BCUT2D eigenvalue weighted by Gasteiger charge is -2.37.